The van der Waals surface area contributed by atoms with Gasteiger partial charge >= 0.3 is 12.1 Å². The molecule has 0 amide bonds. The Kier molecular flexibility index (Phi) is 8.54. The number of benzene rings is 3. The van der Waals surface area contributed by atoms with Crippen LogP contribution >= 0.6 is 0 Å². The summed E-state index contributed by atoms with van der Waals surface area (Å²) in [4.78, 5) is 17.7. The number of nitrogen functional groups attached to an aromatic ring is 1. The molecule has 4 N–H and O–H groups in total. The van der Waals surface area contributed by atoms with Crippen LogP contribution in [0.4, 0.5) is 33.5 Å². The van der Waals surface area contributed by atoms with Crippen LogP contribution in [0.3, 0.4) is 0 Å². The summed E-state index contributed by atoms with van der Waals surface area (Å²) in [5.74, 6) is -3.01. The molecule has 2 aromatic heterocycles. The van der Waals surface area contributed by atoms with Crippen molar-refractivity contribution in [2.75, 3.05) is 18.2 Å². The number of aryl methyl sites for hydroxylation is 1. The van der Waals surface area contributed by atoms with Crippen molar-refractivity contribution in [1.82, 2.24) is 19.7 Å². The number of anilines is 2. The molecule has 3 aromatic carbocycles. The minimum atomic E-state index is -5.08. The number of nitrogens with two attached hydrogens (primary N) is 1. The SMILES string of the molecule is COc1cc(C(Nc2ccc3c(N)nccc3c2)c2nc(-c3ccccc3)nn2C)c(F)cc1F.O=C(O)C(F)(F)F. The second-order valence-corrected chi connectivity index (χ2v) is 8.80. The molecule has 5 aromatic rings. The number of fused-ring (bicyclic) bond motifs is 1. The van der Waals surface area contributed by atoms with Gasteiger partial charge in [-0.25, -0.2) is 23.5 Å². The first-order valence-electron chi connectivity index (χ1n) is 12.1. The van der Waals surface area contributed by atoms with Crippen molar-refractivity contribution >= 4 is 28.2 Å². The van der Waals surface area contributed by atoms with Crippen LogP contribution in [0.2, 0.25) is 0 Å². The van der Waals surface area contributed by atoms with Crippen molar-refractivity contribution in [2.24, 2.45) is 7.05 Å². The molecule has 218 valence electrons. The summed E-state index contributed by atoms with van der Waals surface area (Å²) in [6, 6.07) is 18.2. The number of carboxylic acid groups (broad SMARTS) is 1. The Bertz CT molecular complexity index is 1730. The van der Waals surface area contributed by atoms with Crippen LogP contribution in [0.25, 0.3) is 22.2 Å². The highest BCUT2D eigenvalue weighted by Crippen LogP contribution is 2.33. The number of alkyl halides is 3. The summed E-state index contributed by atoms with van der Waals surface area (Å²) in [6.45, 7) is 0. The van der Waals surface area contributed by atoms with Gasteiger partial charge in [0.2, 0.25) is 0 Å². The van der Waals surface area contributed by atoms with Crippen molar-refractivity contribution in [3.05, 3.63) is 95.9 Å². The van der Waals surface area contributed by atoms with Crippen LogP contribution in [-0.4, -0.2) is 44.1 Å². The number of nitrogens with zero attached hydrogens (tertiary/aromatic N) is 4. The number of carbonyl (C=O) groups is 1. The molecule has 0 fully saturated rings. The summed E-state index contributed by atoms with van der Waals surface area (Å²) in [7, 11) is 3.06. The third-order valence-corrected chi connectivity index (χ3v) is 6.02. The maximum absolute atomic E-state index is 15.2. The molecule has 2 heterocycles. The minimum Gasteiger partial charge on any atom is -0.494 e. The molecule has 0 aliphatic rings. The van der Waals surface area contributed by atoms with Gasteiger partial charge in [-0.3, -0.25) is 4.68 Å². The average Bonchev–Trinajstić information content (AvgIpc) is 3.34. The summed E-state index contributed by atoms with van der Waals surface area (Å²) in [6.07, 6.45) is -3.46. The van der Waals surface area contributed by atoms with E-state index >= 15 is 4.39 Å². The topological polar surface area (TPSA) is 128 Å². The quantitative estimate of drug-likeness (QED) is 0.215. The zero-order valence-electron chi connectivity index (χ0n) is 22.0. The smallest absolute Gasteiger partial charge is 0.490 e. The molecular formula is C28H23F5N6O3. The molecule has 0 aliphatic carbocycles. The molecule has 14 heteroatoms. The van der Waals surface area contributed by atoms with Crippen LogP contribution in [-0.2, 0) is 11.8 Å². The Morgan fingerprint density at radius 3 is 2.38 bits per heavy atom. The standard InChI is InChI=1S/C26H22F2N6O.C2HF3O2/c1-34-26(32-25(33-34)15-6-4-3-5-7-15)23(19-13-22(35-2)21(28)14-20(19)27)31-17-8-9-18-16(12-17)10-11-30-24(18)29;3-2(4,5)1(6)7/h3-14,23,31H,1-2H3,(H2,29,30);(H,6,7). The summed E-state index contributed by atoms with van der Waals surface area (Å²) in [5.41, 5.74) is 7.64. The van der Waals surface area contributed by atoms with E-state index in [0.29, 0.717) is 23.2 Å². The number of rotatable bonds is 6. The van der Waals surface area contributed by atoms with Crippen molar-refractivity contribution < 1.29 is 36.6 Å². The van der Waals surface area contributed by atoms with E-state index in [2.05, 4.69) is 15.4 Å². The van der Waals surface area contributed by atoms with Gasteiger partial charge < -0.3 is 20.9 Å². The Hall–Kier alpha value is -5.27. The third-order valence-electron chi connectivity index (χ3n) is 6.02. The fourth-order valence-electron chi connectivity index (χ4n) is 4.02. The van der Waals surface area contributed by atoms with E-state index in [1.54, 1.807) is 17.9 Å². The van der Waals surface area contributed by atoms with E-state index in [0.717, 1.165) is 22.4 Å². The van der Waals surface area contributed by atoms with Gasteiger partial charge in [-0.15, -0.1) is 0 Å². The highest BCUT2D eigenvalue weighted by atomic mass is 19.4. The number of aliphatic carboxylic acids is 1. The highest BCUT2D eigenvalue weighted by Gasteiger charge is 2.38. The van der Waals surface area contributed by atoms with Gasteiger partial charge in [0.15, 0.2) is 23.2 Å². The van der Waals surface area contributed by atoms with E-state index in [1.807, 2.05) is 54.6 Å². The number of hydrogen-bond acceptors (Lipinski definition) is 7. The maximum atomic E-state index is 15.2. The van der Waals surface area contributed by atoms with E-state index in [4.69, 9.17) is 25.4 Å². The maximum Gasteiger partial charge on any atom is 0.490 e. The Morgan fingerprint density at radius 2 is 1.74 bits per heavy atom. The third kappa shape index (κ3) is 6.54. The monoisotopic (exact) mass is 586 g/mol. The minimum absolute atomic E-state index is 0.0731. The fraction of sp³-hybridized carbons (Fsp3) is 0.143. The van der Waals surface area contributed by atoms with Crippen molar-refractivity contribution in [2.45, 2.75) is 12.2 Å². The molecule has 5 rings (SSSR count). The number of nitrogens with one attached hydrogen (secondary N) is 1. The molecule has 1 unspecified atom stereocenters. The number of methoxy groups -OCH3 is 1. The van der Waals surface area contributed by atoms with Crippen LogP contribution in [0.15, 0.2) is 72.9 Å². The Morgan fingerprint density at radius 1 is 1.05 bits per heavy atom. The van der Waals surface area contributed by atoms with Crippen molar-refractivity contribution in [3.8, 4) is 17.1 Å². The van der Waals surface area contributed by atoms with Crippen LogP contribution in [0.1, 0.15) is 17.4 Å². The number of aromatic nitrogens is 4. The summed E-state index contributed by atoms with van der Waals surface area (Å²) < 4.78 is 67.8. The summed E-state index contributed by atoms with van der Waals surface area (Å²) >= 11 is 0. The van der Waals surface area contributed by atoms with Crippen LogP contribution in [0, 0.1) is 11.6 Å². The number of ether oxygens (including phenoxy) is 1. The van der Waals surface area contributed by atoms with Gasteiger partial charge in [0, 0.05) is 41.5 Å². The summed E-state index contributed by atoms with van der Waals surface area (Å²) in [5, 5.41) is 16.7. The largest absolute Gasteiger partial charge is 0.494 e. The second kappa shape index (κ2) is 12.1. The van der Waals surface area contributed by atoms with Crippen LogP contribution in [0.5, 0.6) is 5.75 Å². The lowest BCUT2D eigenvalue weighted by molar-refractivity contribution is -0.192. The van der Waals surface area contributed by atoms with Crippen molar-refractivity contribution in [1.29, 1.82) is 0 Å². The Balaban J connectivity index is 0.000000517. The zero-order chi connectivity index (χ0) is 30.6. The predicted octanol–water partition coefficient (Wildman–Crippen LogP) is 5.73. The molecule has 9 nitrogen and oxygen atoms in total. The Labute approximate surface area is 235 Å². The lowest BCUT2D eigenvalue weighted by Crippen LogP contribution is -2.21. The molecule has 1 atom stereocenters. The van der Waals surface area contributed by atoms with E-state index < -0.39 is 29.8 Å². The predicted molar refractivity (Wildman–Crippen MR) is 145 cm³/mol. The van der Waals surface area contributed by atoms with Crippen molar-refractivity contribution in [3.63, 3.8) is 0 Å². The number of hydrogen-bond donors (Lipinski definition) is 3. The zero-order valence-corrected chi connectivity index (χ0v) is 22.0. The van der Waals surface area contributed by atoms with Gasteiger partial charge in [0.05, 0.1) is 7.11 Å². The van der Waals surface area contributed by atoms with Crippen LogP contribution < -0.4 is 15.8 Å². The van der Waals surface area contributed by atoms with E-state index in [-0.39, 0.29) is 11.3 Å². The normalized spacial score (nSPS) is 11.9. The first-order chi connectivity index (χ1) is 19.9. The first kappa shape index (κ1) is 29.7. The molecule has 0 aliphatic heterocycles. The number of pyridine rings is 1. The highest BCUT2D eigenvalue weighted by molar-refractivity contribution is 5.93. The van der Waals surface area contributed by atoms with Gasteiger partial charge in [-0.2, -0.15) is 18.3 Å². The van der Waals surface area contributed by atoms with Gasteiger partial charge in [-0.1, -0.05) is 30.3 Å². The average molecular weight is 587 g/mol. The first-order valence-corrected chi connectivity index (χ1v) is 12.1. The molecule has 0 spiro atoms. The molecule has 42 heavy (non-hydrogen) atoms. The molecule has 0 bridgehead atoms. The molecule has 0 radical (unpaired) electrons. The second-order valence-electron chi connectivity index (χ2n) is 8.80. The van der Waals surface area contributed by atoms with Gasteiger partial charge in [0.25, 0.3) is 0 Å². The molecular weight excluding hydrogens is 563 g/mol. The lowest BCUT2D eigenvalue weighted by Gasteiger charge is -2.21. The van der Waals surface area contributed by atoms with E-state index in [1.165, 1.54) is 13.2 Å². The molecule has 0 saturated carbocycles. The lowest BCUT2D eigenvalue weighted by atomic mass is 10.0. The van der Waals surface area contributed by atoms with E-state index in [9.17, 15) is 17.6 Å². The number of halogens is 5. The van der Waals surface area contributed by atoms with Gasteiger partial charge in [-0.05, 0) is 35.7 Å². The number of carboxylic acids is 1. The fourth-order valence-corrected chi connectivity index (χ4v) is 4.02. The molecule has 0 saturated heterocycles. The van der Waals surface area contributed by atoms with Gasteiger partial charge in [0.1, 0.15) is 17.7 Å².